The minimum atomic E-state index is 0.136. The molecule has 6 heteroatoms. The Kier molecular flexibility index (Phi) is 4.11. The molecule has 1 amide bonds. The van der Waals surface area contributed by atoms with Crippen LogP contribution in [0.1, 0.15) is 25.1 Å². The summed E-state index contributed by atoms with van der Waals surface area (Å²) in [5.41, 5.74) is 0. The second-order valence-corrected chi connectivity index (χ2v) is 5.28. The van der Waals surface area contributed by atoms with Crippen molar-refractivity contribution in [1.29, 1.82) is 0 Å². The number of nitrogens with zero attached hydrogens (tertiary/aromatic N) is 3. The van der Waals surface area contributed by atoms with Crippen molar-refractivity contribution in [3.63, 3.8) is 0 Å². The van der Waals surface area contributed by atoms with E-state index < -0.39 is 0 Å². The van der Waals surface area contributed by atoms with Gasteiger partial charge in [-0.25, -0.2) is 9.97 Å². The zero-order chi connectivity index (χ0) is 13.8. The zero-order valence-corrected chi connectivity index (χ0v) is 11.5. The molecular weight excluding hydrogens is 256 g/mol. The highest BCUT2D eigenvalue weighted by molar-refractivity contribution is 5.79. The molecule has 2 fully saturated rings. The Bertz CT molecular complexity index is 470. The maximum atomic E-state index is 11.8. The summed E-state index contributed by atoms with van der Waals surface area (Å²) in [4.78, 5) is 22.7. The second kappa shape index (κ2) is 6.17. The quantitative estimate of drug-likeness (QED) is 0.878. The van der Waals surface area contributed by atoms with E-state index in [1.807, 2.05) is 6.07 Å². The standard InChI is InChI=1S/C14H20N4O2/c19-14(11-2-1-3-11)16-10-12-15-5-4-13(17-12)18-6-8-20-9-7-18/h4-5,11H,1-3,6-10H2,(H,16,19). The zero-order valence-electron chi connectivity index (χ0n) is 11.5. The first-order chi connectivity index (χ1) is 9.83. The van der Waals surface area contributed by atoms with E-state index in [4.69, 9.17) is 4.74 Å². The van der Waals surface area contributed by atoms with Crippen LogP contribution in [-0.4, -0.2) is 42.2 Å². The minimum Gasteiger partial charge on any atom is -0.378 e. The molecule has 0 bridgehead atoms. The Hall–Kier alpha value is -1.69. The van der Waals surface area contributed by atoms with Gasteiger partial charge < -0.3 is 15.0 Å². The number of ether oxygens (including phenoxy) is 1. The maximum absolute atomic E-state index is 11.8. The van der Waals surface area contributed by atoms with Crippen molar-refractivity contribution in [1.82, 2.24) is 15.3 Å². The van der Waals surface area contributed by atoms with Crippen LogP contribution in [0, 0.1) is 5.92 Å². The van der Waals surface area contributed by atoms with Gasteiger partial charge in [0.05, 0.1) is 19.8 Å². The van der Waals surface area contributed by atoms with Crippen LogP contribution in [0.15, 0.2) is 12.3 Å². The Morgan fingerprint density at radius 1 is 1.40 bits per heavy atom. The molecule has 3 rings (SSSR count). The normalized spacial score (nSPS) is 19.5. The number of hydrogen-bond donors (Lipinski definition) is 1. The van der Waals surface area contributed by atoms with Gasteiger partial charge in [-0.2, -0.15) is 0 Å². The van der Waals surface area contributed by atoms with Gasteiger partial charge in [0.1, 0.15) is 11.6 Å². The fourth-order valence-electron chi connectivity index (χ4n) is 2.42. The summed E-state index contributed by atoms with van der Waals surface area (Å²) in [5.74, 6) is 1.92. The predicted octanol–water partition coefficient (Wildman–Crippen LogP) is 0.729. The molecule has 1 saturated carbocycles. The lowest BCUT2D eigenvalue weighted by molar-refractivity contribution is -0.127. The molecule has 0 unspecified atom stereocenters. The largest absolute Gasteiger partial charge is 0.378 e. The summed E-state index contributed by atoms with van der Waals surface area (Å²) < 4.78 is 5.33. The molecule has 0 atom stereocenters. The van der Waals surface area contributed by atoms with Crippen LogP contribution in [0.5, 0.6) is 0 Å². The number of amides is 1. The molecule has 1 aromatic rings. The van der Waals surface area contributed by atoms with Crippen LogP contribution in [0.2, 0.25) is 0 Å². The van der Waals surface area contributed by atoms with Crippen molar-refractivity contribution >= 4 is 11.7 Å². The van der Waals surface area contributed by atoms with Crippen molar-refractivity contribution in [2.75, 3.05) is 31.2 Å². The molecule has 2 heterocycles. The number of carbonyl (C=O) groups excluding carboxylic acids is 1. The Balaban J connectivity index is 1.57. The van der Waals surface area contributed by atoms with Gasteiger partial charge in [0.15, 0.2) is 0 Å². The topological polar surface area (TPSA) is 67.4 Å². The number of rotatable bonds is 4. The molecule has 1 aromatic heterocycles. The lowest BCUT2D eigenvalue weighted by Gasteiger charge is -2.28. The molecule has 0 aromatic carbocycles. The number of nitrogens with one attached hydrogen (secondary N) is 1. The molecular formula is C14H20N4O2. The Morgan fingerprint density at radius 3 is 2.90 bits per heavy atom. The van der Waals surface area contributed by atoms with Crippen molar-refractivity contribution < 1.29 is 9.53 Å². The molecule has 1 saturated heterocycles. The van der Waals surface area contributed by atoms with Gasteiger partial charge in [0.2, 0.25) is 5.91 Å². The maximum Gasteiger partial charge on any atom is 0.223 e. The van der Waals surface area contributed by atoms with E-state index in [-0.39, 0.29) is 11.8 Å². The second-order valence-electron chi connectivity index (χ2n) is 5.28. The molecule has 1 N–H and O–H groups in total. The summed E-state index contributed by atoms with van der Waals surface area (Å²) in [7, 11) is 0. The van der Waals surface area contributed by atoms with Gasteiger partial charge in [-0.1, -0.05) is 6.42 Å². The molecule has 0 spiro atoms. The lowest BCUT2D eigenvalue weighted by Crippen LogP contribution is -2.37. The van der Waals surface area contributed by atoms with Gasteiger partial charge in [0.25, 0.3) is 0 Å². The molecule has 1 aliphatic heterocycles. The molecule has 0 radical (unpaired) electrons. The number of anilines is 1. The summed E-state index contributed by atoms with van der Waals surface area (Å²) in [6, 6.07) is 1.91. The van der Waals surface area contributed by atoms with E-state index in [1.54, 1.807) is 6.20 Å². The van der Waals surface area contributed by atoms with E-state index >= 15 is 0 Å². The van der Waals surface area contributed by atoms with Crippen molar-refractivity contribution in [2.45, 2.75) is 25.8 Å². The average molecular weight is 276 g/mol. The van der Waals surface area contributed by atoms with E-state index in [2.05, 4.69) is 20.2 Å². The van der Waals surface area contributed by atoms with Crippen LogP contribution >= 0.6 is 0 Å². The molecule has 108 valence electrons. The van der Waals surface area contributed by atoms with Gasteiger partial charge >= 0.3 is 0 Å². The fourth-order valence-corrected chi connectivity index (χ4v) is 2.42. The first kappa shape index (κ1) is 13.3. The highest BCUT2D eigenvalue weighted by atomic mass is 16.5. The fraction of sp³-hybridized carbons (Fsp3) is 0.643. The monoisotopic (exact) mass is 276 g/mol. The lowest BCUT2D eigenvalue weighted by atomic mass is 9.85. The third-order valence-electron chi connectivity index (χ3n) is 3.92. The van der Waals surface area contributed by atoms with Crippen molar-refractivity contribution in [2.24, 2.45) is 5.92 Å². The molecule has 1 aliphatic carbocycles. The third-order valence-corrected chi connectivity index (χ3v) is 3.92. The van der Waals surface area contributed by atoms with Crippen LogP contribution in [0.25, 0.3) is 0 Å². The molecule has 2 aliphatic rings. The van der Waals surface area contributed by atoms with Gasteiger partial charge in [0, 0.05) is 25.2 Å². The number of aromatic nitrogens is 2. The van der Waals surface area contributed by atoms with E-state index in [9.17, 15) is 4.79 Å². The SMILES string of the molecule is O=C(NCc1nccc(N2CCOCC2)n1)C1CCC1. The predicted molar refractivity (Wildman–Crippen MR) is 74.3 cm³/mol. The molecule has 20 heavy (non-hydrogen) atoms. The van der Waals surface area contributed by atoms with Crippen molar-refractivity contribution in [3.8, 4) is 0 Å². The van der Waals surface area contributed by atoms with Crippen LogP contribution in [0.3, 0.4) is 0 Å². The number of morpholine rings is 1. The first-order valence-electron chi connectivity index (χ1n) is 7.25. The smallest absolute Gasteiger partial charge is 0.223 e. The van der Waals surface area contributed by atoms with E-state index in [0.717, 1.165) is 45.0 Å². The van der Waals surface area contributed by atoms with Gasteiger partial charge in [-0.15, -0.1) is 0 Å². The Morgan fingerprint density at radius 2 is 2.20 bits per heavy atom. The summed E-state index contributed by atoms with van der Waals surface area (Å²) in [6.07, 6.45) is 4.95. The summed E-state index contributed by atoms with van der Waals surface area (Å²) in [5, 5.41) is 2.92. The Labute approximate surface area is 118 Å². The van der Waals surface area contributed by atoms with Crippen LogP contribution < -0.4 is 10.2 Å². The van der Waals surface area contributed by atoms with E-state index in [1.165, 1.54) is 6.42 Å². The van der Waals surface area contributed by atoms with Gasteiger partial charge in [-0.3, -0.25) is 4.79 Å². The van der Waals surface area contributed by atoms with Crippen LogP contribution in [-0.2, 0) is 16.1 Å². The van der Waals surface area contributed by atoms with Crippen molar-refractivity contribution in [3.05, 3.63) is 18.1 Å². The minimum absolute atomic E-state index is 0.136. The van der Waals surface area contributed by atoms with E-state index in [0.29, 0.717) is 12.4 Å². The number of carbonyl (C=O) groups is 1. The average Bonchev–Trinajstić information content (AvgIpc) is 2.45. The summed E-state index contributed by atoms with van der Waals surface area (Å²) >= 11 is 0. The van der Waals surface area contributed by atoms with Crippen LogP contribution in [0.4, 0.5) is 5.82 Å². The number of hydrogen-bond acceptors (Lipinski definition) is 5. The summed E-state index contributed by atoms with van der Waals surface area (Å²) in [6.45, 7) is 3.58. The highest BCUT2D eigenvalue weighted by Gasteiger charge is 2.24. The highest BCUT2D eigenvalue weighted by Crippen LogP contribution is 2.26. The van der Waals surface area contributed by atoms with Gasteiger partial charge in [-0.05, 0) is 18.9 Å². The molecule has 6 nitrogen and oxygen atoms in total. The first-order valence-corrected chi connectivity index (χ1v) is 7.25. The third kappa shape index (κ3) is 3.07.